The van der Waals surface area contributed by atoms with Gasteiger partial charge in [0.1, 0.15) is 6.67 Å². The average Bonchev–Trinajstić information content (AvgIpc) is 2.52. The van der Waals surface area contributed by atoms with Crippen molar-refractivity contribution in [3.8, 4) is 11.1 Å². The van der Waals surface area contributed by atoms with Gasteiger partial charge in [-0.3, -0.25) is 4.79 Å². The third-order valence-corrected chi connectivity index (χ3v) is 3.35. The van der Waals surface area contributed by atoms with Crippen LogP contribution in [0.2, 0.25) is 0 Å². The van der Waals surface area contributed by atoms with E-state index in [1.807, 2.05) is 0 Å². The number of alkyl halides is 7. The molecule has 0 saturated heterocycles. The quantitative estimate of drug-likeness (QED) is 0.768. The molecule has 25 heavy (non-hydrogen) atoms. The topological polar surface area (TPSA) is 43.1 Å². The van der Waals surface area contributed by atoms with Crippen molar-refractivity contribution < 1.29 is 35.5 Å². The smallest absolute Gasteiger partial charge is 0.366 e. The molecule has 0 aliphatic heterocycles. The lowest BCUT2D eigenvalue weighted by Crippen LogP contribution is -2.14. The number of carbonyl (C=O) groups is 1. The number of hydrogen-bond acceptors (Lipinski definition) is 1. The molecule has 9 heteroatoms. The van der Waals surface area contributed by atoms with Gasteiger partial charge in [0.15, 0.2) is 0 Å². The summed E-state index contributed by atoms with van der Waals surface area (Å²) in [5.41, 5.74) is 0.997. The molecule has 2 N–H and O–H groups in total. The first kappa shape index (κ1) is 18.8. The molecule has 0 unspecified atom stereocenters. The summed E-state index contributed by atoms with van der Waals surface area (Å²) in [5, 5.41) is 0. The molecule has 0 spiro atoms. The van der Waals surface area contributed by atoms with Crippen molar-refractivity contribution in [2.24, 2.45) is 5.73 Å². The van der Waals surface area contributed by atoms with Crippen LogP contribution >= 0.6 is 0 Å². The van der Waals surface area contributed by atoms with Crippen molar-refractivity contribution in [2.75, 3.05) is 0 Å². The fourth-order valence-corrected chi connectivity index (χ4v) is 2.20. The van der Waals surface area contributed by atoms with Crippen molar-refractivity contribution in [2.45, 2.75) is 19.0 Å². The van der Waals surface area contributed by atoms with Crippen LogP contribution in [0.1, 0.15) is 27.0 Å². The van der Waals surface area contributed by atoms with Crippen molar-refractivity contribution in [1.29, 1.82) is 0 Å². The van der Waals surface area contributed by atoms with Gasteiger partial charge in [-0.1, -0.05) is 0 Å². The van der Waals surface area contributed by atoms with Gasteiger partial charge in [-0.15, -0.1) is 0 Å². The predicted octanol–water partition coefficient (Wildman–Crippen LogP) is 4.96. The highest BCUT2D eigenvalue weighted by Gasteiger charge is 2.33. The van der Waals surface area contributed by atoms with Gasteiger partial charge in [-0.05, 0) is 53.1 Å². The summed E-state index contributed by atoms with van der Waals surface area (Å²) in [7, 11) is 0. The Morgan fingerprint density at radius 1 is 0.800 bits per heavy atom. The standard InChI is InChI=1S/C16H10F7NO/c17-7-8-1-9(4-12(2-8)15(18,19)20)10-3-11(14(24)25)6-13(5-10)16(21,22)23/h1-6H,7H2,(H2,24,25). The zero-order valence-corrected chi connectivity index (χ0v) is 12.3. The van der Waals surface area contributed by atoms with Crippen LogP contribution in [0.3, 0.4) is 0 Å². The van der Waals surface area contributed by atoms with Crippen LogP contribution in [-0.2, 0) is 19.0 Å². The van der Waals surface area contributed by atoms with E-state index in [1.54, 1.807) is 0 Å². The van der Waals surface area contributed by atoms with E-state index in [1.165, 1.54) is 0 Å². The highest BCUT2D eigenvalue weighted by atomic mass is 19.4. The normalized spacial score (nSPS) is 12.3. The second-order valence-corrected chi connectivity index (χ2v) is 5.21. The lowest BCUT2D eigenvalue weighted by atomic mass is 9.96. The highest BCUT2D eigenvalue weighted by molar-refractivity contribution is 5.94. The molecule has 0 bridgehead atoms. The van der Waals surface area contributed by atoms with Crippen LogP contribution in [-0.4, -0.2) is 5.91 Å². The zero-order valence-electron chi connectivity index (χ0n) is 12.3. The Labute approximate surface area is 137 Å². The maximum atomic E-state index is 12.9. The van der Waals surface area contributed by atoms with E-state index in [2.05, 4.69) is 0 Å². The molecule has 0 aromatic heterocycles. The van der Waals surface area contributed by atoms with Crippen molar-refractivity contribution in [3.63, 3.8) is 0 Å². The molecule has 1 amide bonds. The second kappa shape index (κ2) is 6.38. The van der Waals surface area contributed by atoms with Crippen LogP contribution in [0, 0.1) is 0 Å². The maximum absolute atomic E-state index is 12.9. The summed E-state index contributed by atoms with van der Waals surface area (Å²) in [6.07, 6.45) is -9.65. The molecule has 0 radical (unpaired) electrons. The number of primary amides is 1. The van der Waals surface area contributed by atoms with E-state index in [-0.39, 0.29) is 16.7 Å². The molecule has 2 rings (SSSR count). The fraction of sp³-hybridized carbons (Fsp3) is 0.188. The molecule has 134 valence electrons. The summed E-state index contributed by atoms with van der Waals surface area (Å²) >= 11 is 0. The third-order valence-electron chi connectivity index (χ3n) is 3.35. The fourth-order valence-electron chi connectivity index (χ4n) is 2.20. The number of benzene rings is 2. The Morgan fingerprint density at radius 2 is 1.28 bits per heavy atom. The Kier molecular flexibility index (Phi) is 4.79. The molecular weight excluding hydrogens is 355 g/mol. The van der Waals surface area contributed by atoms with Crippen molar-refractivity contribution >= 4 is 5.91 Å². The number of carbonyl (C=O) groups excluding carboxylic acids is 1. The summed E-state index contributed by atoms with van der Waals surface area (Å²) in [6.45, 7) is -1.24. The number of nitrogens with two attached hydrogens (primary N) is 1. The van der Waals surface area contributed by atoms with Gasteiger partial charge in [-0.25, -0.2) is 4.39 Å². The number of rotatable bonds is 3. The molecule has 0 aliphatic rings. The van der Waals surface area contributed by atoms with Crippen LogP contribution in [0.4, 0.5) is 30.7 Å². The van der Waals surface area contributed by atoms with Gasteiger partial charge in [0.05, 0.1) is 11.1 Å². The molecule has 0 aliphatic carbocycles. The predicted molar refractivity (Wildman–Crippen MR) is 75.2 cm³/mol. The van der Waals surface area contributed by atoms with E-state index in [4.69, 9.17) is 5.73 Å². The minimum Gasteiger partial charge on any atom is -0.366 e. The van der Waals surface area contributed by atoms with Gasteiger partial charge >= 0.3 is 12.4 Å². The molecule has 0 saturated carbocycles. The molecule has 2 nitrogen and oxygen atoms in total. The number of hydrogen-bond donors (Lipinski definition) is 1. The largest absolute Gasteiger partial charge is 0.416 e. The summed E-state index contributed by atoms with van der Waals surface area (Å²) in [4.78, 5) is 11.2. The average molecular weight is 365 g/mol. The van der Waals surface area contributed by atoms with Crippen LogP contribution in [0.25, 0.3) is 11.1 Å². The van der Waals surface area contributed by atoms with E-state index < -0.39 is 41.6 Å². The minimum atomic E-state index is -4.84. The van der Waals surface area contributed by atoms with Crippen molar-refractivity contribution in [3.05, 3.63) is 58.7 Å². The van der Waals surface area contributed by atoms with E-state index in [0.29, 0.717) is 24.3 Å². The maximum Gasteiger partial charge on any atom is 0.416 e. The third kappa shape index (κ3) is 4.28. The van der Waals surface area contributed by atoms with Crippen LogP contribution < -0.4 is 5.73 Å². The first-order valence-electron chi connectivity index (χ1n) is 6.71. The highest BCUT2D eigenvalue weighted by Crippen LogP contribution is 2.37. The van der Waals surface area contributed by atoms with Crippen LogP contribution in [0.15, 0.2) is 36.4 Å². The second-order valence-electron chi connectivity index (χ2n) is 5.21. The van der Waals surface area contributed by atoms with Gasteiger partial charge in [0.2, 0.25) is 5.91 Å². The summed E-state index contributed by atoms with van der Waals surface area (Å²) in [6, 6.07) is 4.12. The van der Waals surface area contributed by atoms with Crippen molar-refractivity contribution in [1.82, 2.24) is 0 Å². The SMILES string of the molecule is NC(=O)c1cc(-c2cc(CF)cc(C(F)(F)F)c2)cc(C(F)(F)F)c1. The molecule has 0 fully saturated rings. The molecule has 0 heterocycles. The number of halogens is 7. The Hall–Kier alpha value is -2.58. The van der Waals surface area contributed by atoms with Gasteiger partial charge in [-0.2, -0.15) is 26.3 Å². The minimum absolute atomic E-state index is 0.309. The number of amides is 1. The summed E-state index contributed by atoms with van der Waals surface area (Å²) in [5.74, 6) is -1.18. The lowest BCUT2D eigenvalue weighted by molar-refractivity contribution is -0.138. The Bertz CT molecular complexity index is 809. The van der Waals surface area contributed by atoms with E-state index in [9.17, 15) is 35.5 Å². The van der Waals surface area contributed by atoms with Crippen LogP contribution in [0.5, 0.6) is 0 Å². The van der Waals surface area contributed by atoms with E-state index in [0.717, 1.165) is 12.1 Å². The molecule has 0 atom stereocenters. The first-order valence-corrected chi connectivity index (χ1v) is 6.71. The molecule has 2 aromatic carbocycles. The first-order chi connectivity index (χ1) is 11.4. The van der Waals surface area contributed by atoms with Gasteiger partial charge in [0.25, 0.3) is 0 Å². The van der Waals surface area contributed by atoms with E-state index >= 15 is 0 Å². The zero-order chi connectivity index (χ0) is 19.0. The Morgan fingerprint density at radius 3 is 1.72 bits per heavy atom. The molecule has 2 aromatic rings. The molecular formula is C16H10F7NO. The summed E-state index contributed by atoms with van der Waals surface area (Å²) < 4.78 is 90.4. The van der Waals surface area contributed by atoms with Gasteiger partial charge < -0.3 is 5.73 Å². The Balaban J connectivity index is 2.72. The lowest BCUT2D eigenvalue weighted by Gasteiger charge is -2.14. The van der Waals surface area contributed by atoms with Gasteiger partial charge in [0, 0.05) is 5.56 Å². The monoisotopic (exact) mass is 365 g/mol.